The van der Waals surface area contributed by atoms with Crippen molar-refractivity contribution in [3.05, 3.63) is 0 Å². The molecule has 0 aromatic carbocycles. The maximum absolute atomic E-state index is 10.3. The normalized spacial score (nSPS) is 19.1. The van der Waals surface area contributed by atoms with E-state index >= 15 is 0 Å². The fourth-order valence-electron chi connectivity index (χ4n) is 1.61. The van der Waals surface area contributed by atoms with Gasteiger partial charge in [0.2, 0.25) is 0 Å². The van der Waals surface area contributed by atoms with E-state index in [0.29, 0.717) is 0 Å². The van der Waals surface area contributed by atoms with E-state index in [1.807, 2.05) is 13.8 Å². The smallest absolute Gasteiger partial charge is 0.450 e. The topological polar surface area (TPSA) is 46.5 Å². The van der Waals surface area contributed by atoms with Gasteiger partial charge in [-0.25, -0.2) is 4.79 Å². The van der Waals surface area contributed by atoms with Gasteiger partial charge in [0.1, 0.15) is 5.60 Å². The molecule has 0 atom stereocenters. The van der Waals surface area contributed by atoms with Gasteiger partial charge in [-0.2, -0.15) is 0 Å². The van der Waals surface area contributed by atoms with E-state index in [2.05, 4.69) is 0 Å². The van der Waals surface area contributed by atoms with Crippen LogP contribution in [0.1, 0.15) is 46.0 Å². The van der Waals surface area contributed by atoms with Crippen LogP contribution in [0.25, 0.3) is 0 Å². The van der Waals surface area contributed by atoms with Crippen LogP contribution in [0.3, 0.4) is 0 Å². The molecular weight excluding hydrogens is 204 g/mol. The third-order valence-corrected chi connectivity index (χ3v) is 2.24. The number of ether oxygens (including phenoxy) is 1. The molecule has 1 fully saturated rings. The lowest BCUT2D eigenvalue weighted by Crippen LogP contribution is -2.33. The molecule has 14 heavy (non-hydrogen) atoms. The highest BCUT2D eigenvalue weighted by Gasteiger charge is 2.30. The van der Waals surface area contributed by atoms with Gasteiger partial charge in [-0.05, 0) is 32.6 Å². The highest BCUT2D eigenvalue weighted by Crippen LogP contribution is 2.30. The lowest BCUT2D eigenvalue weighted by Gasteiger charge is -2.31. The fraction of sp³-hybridized carbons (Fsp3) is 0.900. The lowest BCUT2D eigenvalue weighted by atomic mass is 9.86. The van der Waals surface area contributed by atoms with Crippen LogP contribution in [0, 0.1) is 0 Å². The molecule has 0 saturated heterocycles. The summed E-state index contributed by atoms with van der Waals surface area (Å²) >= 11 is 5.00. The van der Waals surface area contributed by atoms with Gasteiger partial charge in [-0.3, -0.25) is 0 Å². The van der Waals surface area contributed by atoms with Crippen molar-refractivity contribution >= 4 is 17.8 Å². The molecular formula is C10H19ClO3. The first-order chi connectivity index (χ1) is 6.54. The lowest BCUT2D eigenvalue weighted by molar-refractivity contribution is -0.0290. The Bertz CT molecular complexity index is 165. The van der Waals surface area contributed by atoms with E-state index in [9.17, 15) is 4.79 Å². The molecule has 0 aromatic rings. The van der Waals surface area contributed by atoms with Crippen molar-refractivity contribution in [1.29, 1.82) is 0 Å². The van der Waals surface area contributed by atoms with Crippen LogP contribution in [0.2, 0.25) is 0 Å². The molecule has 84 valence electrons. The molecule has 1 saturated carbocycles. The van der Waals surface area contributed by atoms with Crippen molar-refractivity contribution in [2.75, 3.05) is 5.88 Å². The first-order valence-corrected chi connectivity index (χ1v) is 5.55. The molecule has 1 aliphatic rings. The second-order valence-electron chi connectivity index (χ2n) is 3.65. The van der Waals surface area contributed by atoms with E-state index in [4.69, 9.17) is 21.4 Å². The minimum absolute atomic E-state index is 0.399. The van der Waals surface area contributed by atoms with Gasteiger partial charge < -0.3 is 9.84 Å². The van der Waals surface area contributed by atoms with Gasteiger partial charge in [-0.15, -0.1) is 11.6 Å². The summed E-state index contributed by atoms with van der Waals surface area (Å²) in [6.45, 7) is 3.77. The van der Waals surface area contributed by atoms with E-state index in [1.165, 1.54) is 6.42 Å². The maximum atomic E-state index is 10.3. The predicted molar refractivity (Wildman–Crippen MR) is 57.0 cm³/mol. The number of halogens is 1. The van der Waals surface area contributed by atoms with Gasteiger partial charge in [-0.1, -0.05) is 13.3 Å². The number of hydrogen-bond donors (Lipinski definition) is 1. The molecule has 4 heteroatoms. The molecule has 0 heterocycles. The van der Waals surface area contributed by atoms with E-state index in [0.717, 1.165) is 31.6 Å². The van der Waals surface area contributed by atoms with Gasteiger partial charge in [0.25, 0.3) is 0 Å². The fourth-order valence-corrected chi connectivity index (χ4v) is 1.61. The SMILES string of the molecule is CC1(OC(=O)O)CCCCC1.CCCl. The van der Waals surface area contributed by atoms with Crippen LogP contribution in [0.4, 0.5) is 4.79 Å². The summed E-state index contributed by atoms with van der Waals surface area (Å²) in [7, 11) is 0. The van der Waals surface area contributed by atoms with Crippen molar-refractivity contribution in [1.82, 2.24) is 0 Å². The second-order valence-corrected chi connectivity index (χ2v) is 4.18. The molecule has 0 spiro atoms. The highest BCUT2D eigenvalue weighted by molar-refractivity contribution is 6.17. The Kier molecular flexibility index (Phi) is 6.71. The minimum atomic E-state index is -1.14. The number of carboxylic acid groups (broad SMARTS) is 1. The largest absolute Gasteiger partial charge is 0.506 e. The minimum Gasteiger partial charge on any atom is -0.450 e. The summed E-state index contributed by atoms with van der Waals surface area (Å²) in [5, 5.41) is 8.41. The molecule has 0 bridgehead atoms. The van der Waals surface area contributed by atoms with Gasteiger partial charge >= 0.3 is 6.16 Å². The summed E-state index contributed by atoms with van der Waals surface area (Å²) in [5.74, 6) is 0.722. The Morgan fingerprint density at radius 1 is 1.43 bits per heavy atom. The van der Waals surface area contributed by atoms with Crippen LogP contribution in [0.5, 0.6) is 0 Å². The summed E-state index contributed by atoms with van der Waals surface area (Å²) < 4.78 is 4.80. The van der Waals surface area contributed by atoms with Crippen LogP contribution >= 0.6 is 11.6 Å². The van der Waals surface area contributed by atoms with Crippen molar-refractivity contribution in [2.24, 2.45) is 0 Å². The Hall–Kier alpha value is -0.440. The quantitative estimate of drug-likeness (QED) is 0.544. The van der Waals surface area contributed by atoms with Gasteiger partial charge in [0, 0.05) is 5.88 Å². The summed E-state index contributed by atoms with van der Waals surface area (Å²) in [6.07, 6.45) is 3.99. The van der Waals surface area contributed by atoms with Gasteiger partial charge in [0.05, 0.1) is 0 Å². The maximum Gasteiger partial charge on any atom is 0.506 e. The Morgan fingerprint density at radius 2 is 1.86 bits per heavy atom. The number of alkyl halides is 1. The second kappa shape index (κ2) is 6.93. The van der Waals surface area contributed by atoms with Crippen molar-refractivity contribution < 1.29 is 14.6 Å². The third kappa shape index (κ3) is 6.08. The predicted octanol–water partition coefficient (Wildman–Crippen LogP) is 3.65. The van der Waals surface area contributed by atoms with Crippen LogP contribution < -0.4 is 0 Å². The van der Waals surface area contributed by atoms with Crippen LogP contribution in [-0.2, 0) is 4.74 Å². The van der Waals surface area contributed by atoms with Crippen LogP contribution in [-0.4, -0.2) is 22.7 Å². The zero-order chi connectivity index (χ0) is 11.0. The van der Waals surface area contributed by atoms with E-state index in [-0.39, 0.29) is 0 Å². The molecule has 1 N–H and O–H groups in total. The summed E-state index contributed by atoms with van der Waals surface area (Å²) in [6, 6.07) is 0. The van der Waals surface area contributed by atoms with E-state index < -0.39 is 11.8 Å². The van der Waals surface area contributed by atoms with Crippen molar-refractivity contribution in [3.8, 4) is 0 Å². The zero-order valence-corrected chi connectivity index (χ0v) is 9.64. The zero-order valence-electron chi connectivity index (χ0n) is 8.88. The number of carbonyl (C=O) groups is 1. The van der Waals surface area contributed by atoms with Crippen molar-refractivity contribution in [3.63, 3.8) is 0 Å². The van der Waals surface area contributed by atoms with E-state index in [1.54, 1.807) is 0 Å². The molecule has 0 radical (unpaired) electrons. The number of hydrogen-bond acceptors (Lipinski definition) is 2. The molecule has 1 aliphatic carbocycles. The molecule has 0 unspecified atom stereocenters. The average molecular weight is 223 g/mol. The molecule has 0 aliphatic heterocycles. The molecule has 1 rings (SSSR count). The number of rotatable bonds is 1. The summed E-state index contributed by atoms with van der Waals surface area (Å²) in [4.78, 5) is 10.3. The summed E-state index contributed by atoms with van der Waals surface area (Å²) in [5.41, 5.74) is -0.399. The molecule has 0 amide bonds. The van der Waals surface area contributed by atoms with Crippen LogP contribution in [0.15, 0.2) is 0 Å². The van der Waals surface area contributed by atoms with Crippen molar-refractivity contribution in [2.45, 2.75) is 51.6 Å². The Balaban J connectivity index is 0.000000500. The first-order valence-electron chi connectivity index (χ1n) is 5.02. The molecule has 0 aromatic heterocycles. The third-order valence-electron chi connectivity index (χ3n) is 2.24. The van der Waals surface area contributed by atoms with Gasteiger partial charge in [0.15, 0.2) is 0 Å². The first kappa shape index (κ1) is 13.6. The monoisotopic (exact) mass is 222 g/mol. The average Bonchev–Trinajstić information content (AvgIpc) is 2.04. The Labute approximate surface area is 90.4 Å². The standard InChI is InChI=1S/C8H14O3.C2H5Cl/c1-8(11-7(9)10)5-3-2-4-6-8;1-2-3/h2-6H2,1H3,(H,9,10);2H2,1H3. The highest BCUT2D eigenvalue weighted by atomic mass is 35.5. The molecule has 3 nitrogen and oxygen atoms in total. The Morgan fingerprint density at radius 3 is 2.21 bits per heavy atom.